The number of nitro groups is 1. The van der Waals surface area contributed by atoms with E-state index in [-0.39, 0.29) is 5.69 Å². The first kappa shape index (κ1) is 20.4. The van der Waals surface area contributed by atoms with Crippen LogP contribution in [-0.4, -0.2) is 22.2 Å². The molecule has 7 nitrogen and oxygen atoms in total. The van der Waals surface area contributed by atoms with Crippen molar-refractivity contribution in [2.75, 3.05) is 0 Å². The van der Waals surface area contributed by atoms with Gasteiger partial charge < -0.3 is 5.11 Å². The molecule has 3 aromatic rings. The van der Waals surface area contributed by atoms with Crippen molar-refractivity contribution >= 4 is 33.7 Å². The number of non-ortho nitro benzene ring substituents is 1. The molecule has 0 spiro atoms. The highest BCUT2D eigenvalue weighted by atomic mass is 79.9. The first-order valence-electron chi connectivity index (χ1n) is 8.54. The largest absolute Gasteiger partial charge is 0.372 e. The molecule has 0 bridgehead atoms. The second kappa shape index (κ2) is 8.76. The van der Waals surface area contributed by atoms with E-state index < -0.39 is 16.4 Å². The lowest BCUT2D eigenvalue weighted by molar-refractivity contribution is -0.384. The second-order valence-corrected chi connectivity index (χ2v) is 6.96. The van der Waals surface area contributed by atoms with E-state index in [4.69, 9.17) is 0 Å². The van der Waals surface area contributed by atoms with Gasteiger partial charge in [0.05, 0.1) is 11.1 Å². The van der Waals surface area contributed by atoms with Crippen LogP contribution in [0.1, 0.15) is 16.7 Å². The average molecular weight is 454 g/mol. The molecule has 146 valence electrons. The molecule has 0 aliphatic rings. The number of benzene rings is 3. The smallest absolute Gasteiger partial charge is 0.281 e. The number of nitrogens with one attached hydrogen (secondary N) is 1. The highest BCUT2D eigenvalue weighted by Crippen LogP contribution is 2.30. The molecule has 3 aromatic carbocycles. The number of carbonyl (C=O) groups excluding carboxylic acids is 1. The number of halogens is 1. The van der Waals surface area contributed by atoms with Crippen molar-refractivity contribution in [2.24, 2.45) is 5.10 Å². The highest BCUT2D eigenvalue weighted by Gasteiger charge is 2.39. The maximum atomic E-state index is 12.9. The summed E-state index contributed by atoms with van der Waals surface area (Å²) in [6.07, 6.45) is 1.34. The van der Waals surface area contributed by atoms with Gasteiger partial charge in [-0.05, 0) is 33.1 Å². The summed E-state index contributed by atoms with van der Waals surface area (Å²) in [4.78, 5) is 23.2. The summed E-state index contributed by atoms with van der Waals surface area (Å²) in [7, 11) is 0. The summed E-state index contributed by atoms with van der Waals surface area (Å²) >= 11 is 3.24. The minimum absolute atomic E-state index is 0.0689. The van der Waals surface area contributed by atoms with E-state index in [1.54, 1.807) is 60.7 Å². The standard InChI is InChI=1S/C21H16BrN3O4/c22-19-13-18(25(28)29)12-11-15(19)14-23-24-20(26)21(27,16-7-3-1-4-8-16)17-9-5-2-6-10-17/h1-14,27H,(H,24,26)/b23-14-. The Bertz CT molecular complexity index is 1020. The van der Waals surface area contributed by atoms with Gasteiger partial charge in [0.1, 0.15) is 0 Å². The maximum absolute atomic E-state index is 12.9. The molecule has 0 atom stereocenters. The summed E-state index contributed by atoms with van der Waals surface area (Å²) in [5.41, 5.74) is 1.68. The van der Waals surface area contributed by atoms with E-state index in [0.717, 1.165) is 0 Å². The minimum atomic E-state index is -1.94. The van der Waals surface area contributed by atoms with Gasteiger partial charge in [-0.25, -0.2) is 5.43 Å². The van der Waals surface area contributed by atoms with Gasteiger partial charge in [-0.3, -0.25) is 14.9 Å². The zero-order valence-electron chi connectivity index (χ0n) is 15.0. The molecular formula is C21H16BrN3O4. The third kappa shape index (κ3) is 4.39. The Morgan fingerprint density at radius 3 is 2.07 bits per heavy atom. The predicted molar refractivity (Wildman–Crippen MR) is 112 cm³/mol. The molecule has 3 rings (SSSR count). The summed E-state index contributed by atoms with van der Waals surface area (Å²) in [5.74, 6) is -0.732. The molecule has 0 heterocycles. The van der Waals surface area contributed by atoms with Crippen molar-refractivity contribution in [3.63, 3.8) is 0 Å². The molecule has 0 aliphatic carbocycles. The van der Waals surface area contributed by atoms with Crippen LogP contribution in [-0.2, 0) is 10.4 Å². The van der Waals surface area contributed by atoms with Crippen LogP contribution < -0.4 is 5.43 Å². The minimum Gasteiger partial charge on any atom is -0.372 e. The molecular weight excluding hydrogens is 438 g/mol. The van der Waals surface area contributed by atoms with Crippen molar-refractivity contribution in [2.45, 2.75) is 5.60 Å². The topological polar surface area (TPSA) is 105 Å². The lowest BCUT2D eigenvalue weighted by Crippen LogP contribution is -2.43. The van der Waals surface area contributed by atoms with E-state index >= 15 is 0 Å². The van der Waals surface area contributed by atoms with E-state index in [1.807, 2.05) is 0 Å². The normalized spacial score (nSPS) is 11.4. The fourth-order valence-electron chi connectivity index (χ4n) is 2.76. The Morgan fingerprint density at radius 1 is 1.03 bits per heavy atom. The monoisotopic (exact) mass is 453 g/mol. The molecule has 0 aromatic heterocycles. The van der Waals surface area contributed by atoms with Crippen molar-refractivity contribution in [1.82, 2.24) is 5.43 Å². The first-order chi connectivity index (χ1) is 13.9. The third-order valence-electron chi connectivity index (χ3n) is 4.28. The van der Waals surface area contributed by atoms with Crippen molar-refractivity contribution in [1.29, 1.82) is 0 Å². The zero-order valence-corrected chi connectivity index (χ0v) is 16.6. The summed E-state index contributed by atoms with van der Waals surface area (Å²) in [5, 5.41) is 26.0. The zero-order chi connectivity index (χ0) is 20.9. The Balaban J connectivity index is 1.87. The molecule has 29 heavy (non-hydrogen) atoms. The first-order valence-corrected chi connectivity index (χ1v) is 9.33. The van der Waals surface area contributed by atoms with Crippen LogP contribution in [0, 0.1) is 10.1 Å². The van der Waals surface area contributed by atoms with E-state index in [1.165, 1.54) is 24.4 Å². The average Bonchev–Trinajstić information content (AvgIpc) is 2.75. The number of amides is 1. The molecule has 0 aliphatic heterocycles. The SMILES string of the molecule is O=C(N/N=C\c1ccc([N+](=O)[O-])cc1Br)C(O)(c1ccccc1)c1ccccc1. The van der Waals surface area contributed by atoms with Crippen molar-refractivity contribution in [3.8, 4) is 0 Å². The van der Waals surface area contributed by atoms with Gasteiger partial charge >= 0.3 is 0 Å². The molecule has 0 saturated heterocycles. The van der Waals surface area contributed by atoms with Gasteiger partial charge in [0, 0.05) is 22.2 Å². The maximum Gasteiger partial charge on any atom is 0.281 e. The van der Waals surface area contributed by atoms with Gasteiger partial charge in [0.15, 0.2) is 5.60 Å². The molecule has 0 saturated carbocycles. The molecule has 0 fully saturated rings. The fraction of sp³-hybridized carbons (Fsp3) is 0.0476. The lowest BCUT2D eigenvalue weighted by atomic mass is 9.85. The Hall–Kier alpha value is -3.36. The highest BCUT2D eigenvalue weighted by molar-refractivity contribution is 9.10. The summed E-state index contributed by atoms with van der Waals surface area (Å²) in [6.45, 7) is 0. The predicted octanol–water partition coefficient (Wildman–Crippen LogP) is 3.74. The van der Waals surface area contributed by atoms with Gasteiger partial charge in [-0.15, -0.1) is 0 Å². The number of nitro benzene ring substituents is 1. The molecule has 1 amide bonds. The van der Waals surface area contributed by atoms with Gasteiger partial charge in [-0.1, -0.05) is 60.7 Å². The number of aliphatic hydroxyl groups is 1. The quantitative estimate of drug-likeness (QED) is 0.336. The lowest BCUT2D eigenvalue weighted by Gasteiger charge is -2.27. The second-order valence-electron chi connectivity index (χ2n) is 6.10. The fourth-order valence-corrected chi connectivity index (χ4v) is 3.23. The number of nitrogens with zero attached hydrogens (tertiary/aromatic N) is 2. The number of hydrogen-bond acceptors (Lipinski definition) is 5. The number of hydrazone groups is 1. The van der Waals surface area contributed by atoms with Crippen LogP contribution >= 0.6 is 15.9 Å². The molecule has 2 N–H and O–H groups in total. The Morgan fingerprint density at radius 2 is 1.59 bits per heavy atom. The summed E-state index contributed by atoms with van der Waals surface area (Å²) < 4.78 is 0.450. The number of carbonyl (C=O) groups is 1. The number of rotatable bonds is 6. The van der Waals surface area contributed by atoms with Crippen LogP contribution in [0.15, 0.2) is 88.4 Å². The van der Waals surface area contributed by atoms with E-state index in [0.29, 0.717) is 21.2 Å². The van der Waals surface area contributed by atoms with Crippen LogP contribution in [0.3, 0.4) is 0 Å². The summed E-state index contributed by atoms with van der Waals surface area (Å²) in [6, 6.07) is 21.3. The van der Waals surface area contributed by atoms with E-state index in [9.17, 15) is 20.0 Å². The third-order valence-corrected chi connectivity index (χ3v) is 4.96. The van der Waals surface area contributed by atoms with Gasteiger partial charge in [-0.2, -0.15) is 5.10 Å². The van der Waals surface area contributed by atoms with Gasteiger partial charge in [0.2, 0.25) is 0 Å². The molecule has 0 radical (unpaired) electrons. The number of hydrogen-bond donors (Lipinski definition) is 2. The van der Waals surface area contributed by atoms with Crippen LogP contribution in [0.4, 0.5) is 5.69 Å². The van der Waals surface area contributed by atoms with Crippen molar-refractivity contribution < 1.29 is 14.8 Å². The van der Waals surface area contributed by atoms with Gasteiger partial charge in [0.25, 0.3) is 11.6 Å². The Kier molecular flexibility index (Phi) is 6.16. The van der Waals surface area contributed by atoms with Crippen LogP contribution in [0.5, 0.6) is 0 Å². The molecule has 0 unspecified atom stereocenters. The van der Waals surface area contributed by atoms with Crippen LogP contribution in [0.2, 0.25) is 0 Å². The van der Waals surface area contributed by atoms with Crippen LogP contribution in [0.25, 0.3) is 0 Å². The Labute approximate surface area is 175 Å². The van der Waals surface area contributed by atoms with Crippen molar-refractivity contribution in [3.05, 3.63) is 110 Å². The van der Waals surface area contributed by atoms with E-state index in [2.05, 4.69) is 26.5 Å². The molecule has 8 heteroatoms.